The van der Waals surface area contributed by atoms with Crippen molar-refractivity contribution in [3.05, 3.63) is 58.5 Å². The summed E-state index contributed by atoms with van der Waals surface area (Å²) >= 11 is 0. The van der Waals surface area contributed by atoms with E-state index in [9.17, 15) is 4.79 Å². The number of ether oxygens (including phenoxy) is 1. The Hall–Kier alpha value is -3.42. The fraction of sp³-hybridized carbons (Fsp3) is 0.364. The van der Waals surface area contributed by atoms with Crippen molar-refractivity contribution in [2.75, 3.05) is 6.61 Å². The minimum atomic E-state index is -0.218. The molecule has 3 heterocycles. The van der Waals surface area contributed by atoms with Gasteiger partial charge in [-0.2, -0.15) is 5.10 Å². The summed E-state index contributed by atoms with van der Waals surface area (Å²) in [5.74, 6) is 2.02. The summed E-state index contributed by atoms with van der Waals surface area (Å²) < 4.78 is 9.49. The molecule has 0 bridgehead atoms. The van der Waals surface area contributed by atoms with Crippen LogP contribution in [0.4, 0.5) is 0 Å². The topological polar surface area (TPSA) is 90.6 Å². The number of aromatic amines is 1. The van der Waals surface area contributed by atoms with Crippen molar-refractivity contribution in [2.24, 2.45) is 7.05 Å². The van der Waals surface area contributed by atoms with E-state index in [-0.39, 0.29) is 5.56 Å². The van der Waals surface area contributed by atoms with Crippen molar-refractivity contribution in [1.29, 1.82) is 0 Å². The molecule has 8 heteroatoms. The van der Waals surface area contributed by atoms with Crippen LogP contribution in [0.25, 0.3) is 22.4 Å². The van der Waals surface area contributed by atoms with Crippen molar-refractivity contribution in [2.45, 2.75) is 39.7 Å². The Morgan fingerprint density at radius 2 is 2.00 bits per heavy atom. The van der Waals surface area contributed by atoms with Crippen LogP contribution in [0, 0.1) is 0 Å². The number of imidazole rings is 1. The summed E-state index contributed by atoms with van der Waals surface area (Å²) in [7, 11) is 1.93. The molecule has 1 N–H and O–H groups in total. The Kier molecular flexibility index (Phi) is 5.65. The molecule has 0 aliphatic rings. The Morgan fingerprint density at radius 1 is 1.17 bits per heavy atom. The maximum absolute atomic E-state index is 13.1. The average Bonchev–Trinajstić information content (AvgIpc) is 3.31. The van der Waals surface area contributed by atoms with Gasteiger partial charge in [-0.25, -0.2) is 14.6 Å². The molecule has 30 heavy (non-hydrogen) atoms. The van der Waals surface area contributed by atoms with Gasteiger partial charge in [0.2, 0.25) is 0 Å². The molecule has 0 aliphatic carbocycles. The summed E-state index contributed by atoms with van der Waals surface area (Å²) in [6, 6.07) is 7.63. The van der Waals surface area contributed by atoms with Crippen molar-refractivity contribution in [3.8, 4) is 17.1 Å². The predicted octanol–water partition coefficient (Wildman–Crippen LogP) is 3.31. The first-order chi connectivity index (χ1) is 14.6. The van der Waals surface area contributed by atoms with E-state index < -0.39 is 0 Å². The lowest BCUT2D eigenvalue weighted by Crippen LogP contribution is -2.16. The number of nitrogens with zero attached hydrogens (tertiary/aromatic N) is 5. The third kappa shape index (κ3) is 3.72. The largest absolute Gasteiger partial charge is 0.493 e. The average molecular weight is 406 g/mol. The first-order valence-corrected chi connectivity index (χ1v) is 10.3. The predicted molar refractivity (Wildman–Crippen MR) is 116 cm³/mol. The molecule has 0 saturated heterocycles. The molecule has 1 aromatic carbocycles. The Bertz CT molecular complexity index is 1220. The Labute approximate surface area is 174 Å². The quantitative estimate of drug-likeness (QED) is 0.485. The van der Waals surface area contributed by atoms with Crippen LogP contribution < -0.4 is 10.3 Å². The summed E-state index contributed by atoms with van der Waals surface area (Å²) in [5, 5.41) is 4.71. The Morgan fingerprint density at radius 3 is 2.73 bits per heavy atom. The molecule has 0 amide bonds. The van der Waals surface area contributed by atoms with Gasteiger partial charge >= 0.3 is 0 Å². The highest BCUT2D eigenvalue weighted by atomic mass is 16.5. The first kappa shape index (κ1) is 19.9. The van der Waals surface area contributed by atoms with E-state index in [4.69, 9.17) is 14.8 Å². The minimum Gasteiger partial charge on any atom is -0.493 e. The fourth-order valence-electron chi connectivity index (χ4n) is 3.48. The fourth-order valence-corrected chi connectivity index (χ4v) is 3.48. The first-order valence-electron chi connectivity index (χ1n) is 10.3. The number of para-hydroxylation sites is 1. The zero-order valence-electron chi connectivity index (χ0n) is 17.6. The van der Waals surface area contributed by atoms with Gasteiger partial charge in [0.25, 0.3) is 5.56 Å². The third-order valence-electron chi connectivity index (χ3n) is 4.97. The second-order valence-electron chi connectivity index (χ2n) is 7.27. The maximum Gasteiger partial charge on any atom is 0.277 e. The number of hydrogen-bond donors (Lipinski definition) is 1. The summed E-state index contributed by atoms with van der Waals surface area (Å²) in [4.78, 5) is 25.2. The molecule has 0 spiro atoms. The van der Waals surface area contributed by atoms with Gasteiger partial charge in [0.05, 0.1) is 17.9 Å². The number of nitrogens with one attached hydrogen (secondary N) is 1. The molecule has 4 aromatic rings. The normalized spacial score (nSPS) is 11.3. The molecule has 0 radical (unpaired) electrons. The number of aromatic nitrogens is 6. The monoisotopic (exact) mass is 406 g/mol. The molecule has 0 aliphatic heterocycles. The van der Waals surface area contributed by atoms with Gasteiger partial charge in [0, 0.05) is 19.4 Å². The number of aryl methyl sites for hydroxylation is 2. The van der Waals surface area contributed by atoms with Crippen LogP contribution in [-0.2, 0) is 20.0 Å². The highest BCUT2D eigenvalue weighted by Crippen LogP contribution is 2.28. The van der Waals surface area contributed by atoms with E-state index in [1.807, 2.05) is 42.1 Å². The SMILES string of the molecule is CCCOc1ccccc1-c1nc2c(CCC)nn(Cc3nccn3C)c2c(=O)[nH]1. The molecule has 0 unspecified atom stereocenters. The molecule has 0 atom stereocenters. The van der Waals surface area contributed by atoms with Gasteiger partial charge in [-0.15, -0.1) is 0 Å². The van der Waals surface area contributed by atoms with Gasteiger partial charge < -0.3 is 14.3 Å². The van der Waals surface area contributed by atoms with Gasteiger partial charge in [-0.3, -0.25) is 4.79 Å². The summed E-state index contributed by atoms with van der Waals surface area (Å²) in [6.07, 6.45) is 6.17. The maximum atomic E-state index is 13.1. The Balaban J connectivity index is 1.85. The zero-order chi connectivity index (χ0) is 21.1. The lowest BCUT2D eigenvalue weighted by molar-refractivity contribution is 0.318. The van der Waals surface area contributed by atoms with Crippen LogP contribution in [0.1, 0.15) is 38.2 Å². The van der Waals surface area contributed by atoms with Crippen LogP contribution in [0.2, 0.25) is 0 Å². The van der Waals surface area contributed by atoms with Gasteiger partial charge in [0.15, 0.2) is 5.52 Å². The molecule has 156 valence electrons. The number of H-pyrrole nitrogens is 1. The smallest absolute Gasteiger partial charge is 0.277 e. The van der Waals surface area contributed by atoms with Crippen LogP contribution in [0.15, 0.2) is 41.5 Å². The highest BCUT2D eigenvalue weighted by molar-refractivity contribution is 5.79. The van der Waals surface area contributed by atoms with E-state index in [0.717, 1.165) is 36.3 Å². The standard InChI is InChI=1S/C22H26N6O2/c1-4-8-16-19-20(28(26-16)14-18-23-11-12-27(18)3)22(29)25-21(24-19)15-9-6-7-10-17(15)30-13-5-2/h6-7,9-12H,4-5,8,13-14H2,1-3H3,(H,24,25,29). The van der Waals surface area contributed by atoms with E-state index in [1.165, 1.54) is 0 Å². The molecule has 0 fully saturated rings. The van der Waals surface area contributed by atoms with Crippen molar-refractivity contribution in [1.82, 2.24) is 29.3 Å². The molecule has 4 rings (SSSR count). The molecule has 3 aromatic heterocycles. The number of fused-ring (bicyclic) bond motifs is 1. The van der Waals surface area contributed by atoms with Crippen LogP contribution in [0.3, 0.4) is 0 Å². The van der Waals surface area contributed by atoms with Crippen LogP contribution in [0.5, 0.6) is 5.75 Å². The van der Waals surface area contributed by atoms with Gasteiger partial charge in [-0.1, -0.05) is 32.4 Å². The van der Waals surface area contributed by atoms with E-state index in [2.05, 4.69) is 23.8 Å². The van der Waals surface area contributed by atoms with Crippen LogP contribution >= 0.6 is 0 Å². The summed E-state index contributed by atoms with van der Waals surface area (Å²) in [6.45, 7) is 5.16. The second-order valence-corrected chi connectivity index (χ2v) is 7.27. The van der Waals surface area contributed by atoms with Crippen molar-refractivity contribution < 1.29 is 4.74 Å². The molecular weight excluding hydrogens is 380 g/mol. The molecule has 8 nitrogen and oxygen atoms in total. The lowest BCUT2D eigenvalue weighted by atomic mass is 10.1. The highest BCUT2D eigenvalue weighted by Gasteiger charge is 2.19. The van der Waals surface area contributed by atoms with E-state index in [1.54, 1.807) is 10.9 Å². The lowest BCUT2D eigenvalue weighted by Gasteiger charge is -2.10. The molecule has 0 saturated carbocycles. The second kappa shape index (κ2) is 8.52. The third-order valence-corrected chi connectivity index (χ3v) is 4.97. The number of hydrogen-bond acceptors (Lipinski definition) is 5. The zero-order valence-corrected chi connectivity index (χ0v) is 17.6. The van der Waals surface area contributed by atoms with Gasteiger partial charge in [-0.05, 0) is 25.0 Å². The number of benzene rings is 1. The number of rotatable bonds is 8. The van der Waals surface area contributed by atoms with Gasteiger partial charge in [0.1, 0.15) is 29.5 Å². The van der Waals surface area contributed by atoms with E-state index in [0.29, 0.717) is 35.8 Å². The van der Waals surface area contributed by atoms with Crippen molar-refractivity contribution >= 4 is 11.0 Å². The minimum absolute atomic E-state index is 0.218. The molecular formula is C22H26N6O2. The van der Waals surface area contributed by atoms with Crippen molar-refractivity contribution in [3.63, 3.8) is 0 Å². The van der Waals surface area contributed by atoms with E-state index >= 15 is 0 Å². The van der Waals surface area contributed by atoms with Crippen LogP contribution in [-0.4, -0.2) is 35.9 Å². The summed E-state index contributed by atoms with van der Waals surface area (Å²) in [5.41, 5.74) is 2.47.